The summed E-state index contributed by atoms with van der Waals surface area (Å²) >= 11 is 0. The van der Waals surface area contributed by atoms with E-state index in [9.17, 15) is 12.8 Å². The van der Waals surface area contributed by atoms with Crippen LogP contribution in [0.4, 0.5) is 4.39 Å². The van der Waals surface area contributed by atoms with Gasteiger partial charge in [-0.05, 0) is 86.0 Å². The first kappa shape index (κ1) is 22.4. The van der Waals surface area contributed by atoms with E-state index in [0.29, 0.717) is 36.4 Å². The Morgan fingerprint density at radius 1 is 0.871 bits per heavy atom. The summed E-state index contributed by atoms with van der Waals surface area (Å²) in [5.41, 5.74) is 7.78. The molecule has 0 unspecified atom stereocenters. The highest BCUT2D eigenvalue weighted by Gasteiger charge is 2.31. The van der Waals surface area contributed by atoms with Gasteiger partial charge in [0.2, 0.25) is 10.0 Å². The fourth-order valence-corrected chi connectivity index (χ4v) is 6.30. The third-order valence-corrected chi connectivity index (χ3v) is 8.73. The Hall–Kier alpha value is -1.80. The lowest BCUT2D eigenvalue weighted by Gasteiger charge is -2.37. The zero-order valence-corrected chi connectivity index (χ0v) is 18.7. The SMILES string of the molecule is NCc1ccc(S(=O)(=O)N2CCC(CN3CCC(c4ccc(F)cc4)CC3)CC2)cc1. The van der Waals surface area contributed by atoms with Gasteiger partial charge in [0.05, 0.1) is 4.90 Å². The highest BCUT2D eigenvalue weighted by molar-refractivity contribution is 7.89. The van der Waals surface area contributed by atoms with Gasteiger partial charge in [-0.3, -0.25) is 0 Å². The van der Waals surface area contributed by atoms with Crippen LogP contribution >= 0.6 is 0 Å². The predicted molar refractivity (Wildman–Crippen MR) is 121 cm³/mol. The van der Waals surface area contributed by atoms with E-state index in [0.717, 1.165) is 50.9 Å². The summed E-state index contributed by atoms with van der Waals surface area (Å²) < 4.78 is 40.7. The molecule has 0 atom stereocenters. The minimum atomic E-state index is -3.43. The van der Waals surface area contributed by atoms with E-state index in [-0.39, 0.29) is 5.82 Å². The molecular weight excluding hydrogens is 413 g/mol. The molecule has 168 valence electrons. The van der Waals surface area contributed by atoms with Crippen molar-refractivity contribution in [3.05, 3.63) is 65.5 Å². The molecule has 5 nitrogen and oxygen atoms in total. The molecule has 0 spiro atoms. The van der Waals surface area contributed by atoms with Gasteiger partial charge in [0.15, 0.2) is 0 Å². The molecule has 0 saturated carbocycles. The normalized spacial score (nSPS) is 20.2. The molecule has 2 heterocycles. The van der Waals surface area contributed by atoms with Crippen molar-refractivity contribution in [1.29, 1.82) is 0 Å². The smallest absolute Gasteiger partial charge is 0.243 e. The zero-order valence-electron chi connectivity index (χ0n) is 17.9. The molecule has 2 aliphatic rings. The fourth-order valence-electron chi connectivity index (χ4n) is 4.83. The lowest BCUT2D eigenvalue weighted by Crippen LogP contribution is -2.43. The second-order valence-electron chi connectivity index (χ2n) is 8.82. The molecule has 2 aromatic rings. The number of likely N-dealkylation sites (tertiary alicyclic amines) is 1. The average Bonchev–Trinajstić information content (AvgIpc) is 2.80. The standard InChI is InChI=1S/C24H32FN3O2S/c25-23-5-3-21(4-6-23)22-11-13-27(14-12-22)18-20-9-15-28(16-10-20)31(29,30)24-7-1-19(17-26)2-8-24/h1-8,20,22H,9-18,26H2. The van der Waals surface area contributed by atoms with Crippen LogP contribution in [0.25, 0.3) is 0 Å². The fraction of sp³-hybridized carbons (Fsp3) is 0.500. The molecule has 7 heteroatoms. The minimum Gasteiger partial charge on any atom is -0.326 e. The van der Waals surface area contributed by atoms with Gasteiger partial charge >= 0.3 is 0 Å². The van der Waals surface area contributed by atoms with Gasteiger partial charge in [-0.15, -0.1) is 0 Å². The summed E-state index contributed by atoms with van der Waals surface area (Å²) in [5, 5.41) is 0. The number of piperidine rings is 2. The number of halogens is 1. The van der Waals surface area contributed by atoms with Crippen molar-refractivity contribution < 1.29 is 12.8 Å². The van der Waals surface area contributed by atoms with Crippen molar-refractivity contribution in [2.24, 2.45) is 11.7 Å². The van der Waals surface area contributed by atoms with E-state index in [1.165, 1.54) is 5.56 Å². The Labute approximate surface area is 185 Å². The van der Waals surface area contributed by atoms with Crippen LogP contribution in [0.15, 0.2) is 53.4 Å². The number of benzene rings is 2. The molecular formula is C24H32FN3O2S. The molecule has 2 aliphatic heterocycles. The second-order valence-corrected chi connectivity index (χ2v) is 10.8. The zero-order chi connectivity index (χ0) is 21.8. The molecule has 0 amide bonds. The quantitative estimate of drug-likeness (QED) is 0.738. The van der Waals surface area contributed by atoms with E-state index in [1.54, 1.807) is 40.7 Å². The average molecular weight is 446 g/mol. The molecule has 4 rings (SSSR count). The maximum absolute atomic E-state index is 13.2. The number of nitrogens with zero attached hydrogens (tertiary/aromatic N) is 2. The van der Waals surface area contributed by atoms with Crippen molar-refractivity contribution in [2.45, 2.75) is 43.0 Å². The van der Waals surface area contributed by atoms with Gasteiger partial charge < -0.3 is 10.6 Å². The Morgan fingerprint density at radius 3 is 2.06 bits per heavy atom. The number of hydrogen-bond acceptors (Lipinski definition) is 4. The largest absolute Gasteiger partial charge is 0.326 e. The minimum absolute atomic E-state index is 0.179. The molecule has 0 aromatic heterocycles. The topological polar surface area (TPSA) is 66.6 Å². The summed E-state index contributed by atoms with van der Waals surface area (Å²) in [6.45, 7) is 4.71. The Balaban J connectivity index is 1.25. The van der Waals surface area contributed by atoms with Crippen LogP contribution in [0, 0.1) is 11.7 Å². The van der Waals surface area contributed by atoms with Crippen LogP contribution in [0.2, 0.25) is 0 Å². The van der Waals surface area contributed by atoms with E-state index in [4.69, 9.17) is 5.73 Å². The molecule has 2 saturated heterocycles. The highest BCUT2D eigenvalue weighted by Crippen LogP contribution is 2.30. The van der Waals surface area contributed by atoms with Crippen LogP contribution in [0.5, 0.6) is 0 Å². The second kappa shape index (κ2) is 9.77. The van der Waals surface area contributed by atoms with E-state index in [2.05, 4.69) is 4.90 Å². The Bertz CT molecular complexity index is 947. The predicted octanol–water partition coefficient (Wildman–Crippen LogP) is 3.56. The van der Waals surface area contributed by atoms with Crippen LogP contribution in [-0.4, -0.2) is 50.3 Å². The molecule has 2 fully saturated rings. The van der Waals surface area contributed by atoms with Gasteiger partial charge in [0.1, 0.15) is 5.82 Å². The summed E-state index contributed by atoms with van der Waals surface area (Å²) in [6, 6.07) is 13.8. The van der Waals surface area contributed by atoms with Crippen LogP contribution in [0.3, 0.4) is 0 Å². The third-order valence-electron chi connectivity index (χ3n) is 6.82. The van der Waals surface area contributed by atoms with Gasteiger partial charge in [-0.2, -0.15) is 4.31 Å². The van der Waals surface area contributed by atoms with Crippen molar-refractivity contribution >= 4 is 10.0 Å². The number of hydrogen-bond donors (Lipinski definition) is 1. The number of sulfonamides is 1. The van der Waals surface area contributed by atoms with Crippen molar-refractivity contribution in [2.75, 3.05) is 32.7 Å². The van der Waals surface area contributed by atoms with Gasteiger partial charge in [-0.25, -0.2) is 12.8 Å². The Kier molecular flexibility index (Phi) is 7.06. The third kappa shape index (κ3) is 5.34. The van der Waals surface area contributed by atoms with Gasteiger partial charge in [0, 0.05) is 26.2 Å². The van der Waals surface area contributed by atoms with E-state index >= 15 is 0 Å². The van der Waals surface area contributed by atoms with Gasteiger partial charge in [-0.1, -0.05) is 24.3 Å². The first-order chi connectivity index (χ1) is 15.0. The van der Waals surface area contributed by atoms with Crippen molar-refractivity contribution in [3.63, 3.8) is 0 Å². The summed E-state index contributed by atoms with van der Waals surface area (Å²) in [5.74, 6) is 0.866. The van der Waals surface area contributed by atoms with Crippen molar-refractivity contribution in [3.8, 4) is 0 Å². The first-order valence-corrected chi connectivity index (χ1v) is 12.7. The van der Waals surface area contributed by atoms with Crippen LogP contribution < -0.4 is 5.73 Å². The number of rotatable bonds is 6. The van der Waals surface area contributed by atoms with Crippen LogP contribution in [0.1, 0.15) is 42.7 Å². The summed E-state index contributed by atoms with van der Waals surface area (Å²) in [6.07, 6.45) is 3.99. The molecule has 2 N–H and O–H groups in total. The lowest BCUT2D eigenvalue weighted by molar-refractivity contribution is 0.153. The Morgan fingerprint density at radius 2 is 1.48 bits per heavy atom. The van der Waals surface area contributed by atoms with Crippen molar-refractivity contribution in [1.82, 2.24) is 9.21 Å². The monoisotopic (exact) mass is 445 g/mol. The van der Waals surface area contributed by atoms with Crippen LogP contribution in [-0.2, 0) is 16.6 Å². The summed E-state index contributed by atoms with van der Waals surface area (Å²) in [4.78, 5) is 2.87. The van der Waals surface area contributed by atoms with Gasteiger partial charge in [0.25, 0.3) is 0 Å². The molecule has 0 bridgehead atoms. The van der Waals surface area contributed by atoms with E-state index < -0.39 is 10.0 Å². The highest BCUT2D eigenvalue weighted by atomic mass is 32.2. The summed E-state index contributed by atoms with van der Waals surface area (Å²) in [7, 11) is -3.43. The molecule has 31 heavy (non-hydrogen) atoms. The maximum Gasteiger partial charge on any atom is 0.243 e. The van der Waals surface area contributed by atoms with E-state index in [1.807, 2.05) is 12.1 Å². The first-order valence-electron chi connectivity index (χ1n) is 11.2. The molecule has 0 aliphatic carbocycles. The molecule has 2 aromatic carbocycles. The number of nitrogens with two attached hydrogens (primary N) is 1. The lowest BCUT2D eigenvalue weighted by atomic mass is 9.88. The maximum atomic E-state index is 13.2. The molecule has 0 radical (unpaired) electrons.